The lowest BCUT2D eigenvalue weighted by Gasteiger charge is -2.04. The molecule has 0 saturated heterocycles. The molecule has 3 aromatic carbocycles. The highest BCUT2D eigenvalue weighted by Crippen LogP contribution is 2.23. The highest BCUT2D eigenvalue weighted by atomic mass is 16.3. The topological polar surface area (TPSA) is 79.5 Å². The minimum absolute atomic E-state index is 0.177. The van der Waals surface area contributed by atoms with Gasteiger partial charge in [-0.25, -0.2) is 10.1 Å². The molecule has 0 atom stereocenters. The summed E-state index contributed by atoms with van der Waals surface area (Å²) >= 11 is 0. The van der Waals surface area contributed by atoms with Crippen molar-refractivity contribution in [3.8, 4) is 22.7 Å². The number of nitrogens with zero attached hydrogens (tertiary/aromatic N) is 3. The van der Waals surface area contributed by atoms with Gasteiger partial charge in [-0.2, -0.15) is 10.2 Å². The third-order valence-corrected chi connectivity index (χ3v) is 4.64. The number of carbonyl (C=O) groups excluding carboxylic acids is 1. The van der Waals surface area contributed by atoms with Gasteiger partial charge in [0.25, 0.3) is 5.91 Å². The molecule has 6 heteroatoms. The van der Waals surface area contributed by atoms with Gasteiger partial charge in [-0.15, -0.1) is 0 Å². The van der Waals surface area contributed by atoms with Crippen LogP contribution in [-0.2, 0) is 0 Å². The molecule has 0 aliphatic heterocycles. The maximum Gasteiger partial charge on any atom is 0.275 e. The first-order valence-corrected chi connectivity index (χ1v) is 9.46. The van der Waals surface area contributed by atoms with Crippen molar-refractivity contribution in [2.75, 3.05) is 0 Å². The number of carbonyl (C=O) groups is 1. The maximum absolute atomic E-state index is 13.0. The molecule has 2 N–H and O–H groups in total. The normalized spacial score (nSPS) is 11.3. The Bertz CT molecular complexity index is 1180. The lowest BCUT2D eigenvalue weighted by molar-refractivity contribution is 0.0955. The third-order valence-electron chi connectivity index (χ3n) is 4.64. The minimum atomic E-state index is -0.353. The lowest BCUT2D eigenvalue weighted by Crippen LogP contribution is -2.19. The van der Waals surface area contributed by atoms with Crippen molar-refractivity contribution in [1.82, 2.24) is 15.2 Å². The van der Waals surface area contributed by atoms with Gasteiger partial charge < -0.3 is 5.11 Å². The number of phenols is 1. The Morgan fingerprint density at radius 2 is 1.57 bits per heavy atom. The number of hydrazone groups is 1. The van der Waals surface area contributed by atoms with Crippen molar-refractivity contribution >= 4 is 11.6 Å². The van der Waals surface area contributed by atoms with E-state index in [1.807, 2.05) is 60.7 Å². The summed E-state index contributed by atoms with van der Waals surface area (Å²) in [5.41, 5.74) is 6.75. The molecule has 0 spiro atoms. The number of hydrogen-bond donors (Lipinski definition) is 2. The summed E-state index contributed by atoms with van der Waals surface area (Å²) < 4.78 is 1.69. The van der Waals surface area contributed by atoms with Crippen LogP contribution < -0.4 is 5.43 Å². The summed E-state index contributed by atoms with van der Waals surface area (Å²) in [4.78, 5) is 13.0. The van der Waals surface area contributed by atoms with E-state index in [1.165, 1.54) is 0 Å². The van der Waals surface area contributed by atoms with Crippen molar-refractivity contribution in [3.05, 3.63) is 102 Å². The SMILES string of the molecule is C/C(=N\NC(=O)c1cn(-c2ccccc2)nc1-c1ccccc1)c1ccc(O)cc1. The second-order valence-corrected chi connectivity index (χ2v) is 6.72. The zero-order valence-electron chi connectivity index (χ0n) is 16.4. The Balaban J connectivity index is 1.66. The Labute approximate surface area is 174 Å². The van der Waals surface area contributed by atoms with Crippen LogP contribution in [0.3, 0.4) is 0 Å². The zero-order chi connectivity index (χ0) is 20.9. The molecule has 4 aromatic rings. The lowest BCUT2D eigenvalue weighted by atomic mass is 10.1. The van der Waals surface area contributed by atoms with Crippen molar-refractivity contribution in [2.45, 2.75) is 6.92 Å². The van der Waals surface area contributed by atoms with Gasteiger partial charge in [-0.1, -0.05) is 48.5 Å². The second kappa shape index (κ2) is 8.45. The van der Waals surface area contributed by atoms with Crippen LogP contribution in [0.4, 0.5) is 0 Å². The predicted molar refractivity (Wildman–Crippen MR) is 117 cm³/mol. The van der Waals surface area contributed by atoms with Gasteiger partial charge in [0.2, 0.25) is 0 Å². The van der Waals surface area contributed by atoms with Gasteiger partial charge in [0, 0.05) is 11.8 Å². The van der Waals surface area contributed by atoms with Crippen molar-refractivity contribution in [2.24, 2.45) is 5.10 Å². The van der Waals surface area contributed by atoms with Gasteiger partial charge in [0.15, 0.2) is 0 Å². The Kier molecular flexibility index (Phi) is 5.39. The number of aromatic nitrogens is 2. The molecular formula is C24H20N4O2. The molecule has 6 nitrogen and oxygen atoms in total. The van der Waals surface area contributed by atoms with E-state index < -0.39 is 0 Å². The number of rotatable bonds is 5. The average Bonchev–Trinajstić information content (AvgIpc) is 3.25. The highest BCUT2D eigenvalue weighted by Gasteiger charge is 2.18. The number of benzene rings is 3. The first-order chi connectivity index (χ1) is 14.6. The molecule has 30 heavy (non-hydrogen) atoms. The first kappa shape index (κ1) is 19.1. The van der Waals surface area contributed by atoms with E-state index in [4.69, 9.17) is 0 Å². The third kappa shape index (κ3) is 4.12. The fourth-order valence-corrected chi connectivity index (χ4v) is 3.02. The molecule has 148 valence electrons. The van der Waals surface area contributed by atoms with Gasteiger partial charge >= 0.3 is 0 Å². The fourth-order valence-electron chi connectivity index (χ4n) is 3.02. The second-order valence-electron chi connectivity index (χ2n) is 6.72. The molecule has 1 aromatic heterocycles. The zero-order valence-corrected chi connectivity index (χ0v) is 16.4. The highest BCUT2D eigenvalue weighted by molar-refractivity contribution is 6.03. The largest absolute Gasteiger partial charge is 0.508 e. The van der Waals surface area contributed by atoms with E-state index in [9.17, 15) is 9.90 Å². The number of nitrogens with one attached hydrogen (secondary N) is 1. The van der Waals surface area contributed by atoms with E-state index in [-0.39, 0.29) is 11.7 Å². The number of amides is 1. The van der Waals surface area contributed by atoms with Gasteiger partial charge in [0.1, 0.15) is 11.4 Å². The van der Waals surface area contributed by atoms with E-state index in [2.05, 4.69) is 15.6 Å². The van der Waals surface area contributed by atoms with E-state index >= 15 is 0 Å². The number of hydrogen-bond acceptors (Lipinski definition) is 4. The molecule has 0 aliphatic carbocycles. The summed E-state index contributed by atoms with van der Waals surface area (Å²) in [5, 5.41) is 18.3. The maximum atomic E-state index is 13.0. The fraction of sp³-hybridized carbons (Fsp3) is 0.0417. The summed E-state index contributed by atoms with van der Waals surface area (Å²) in [6.07, 6.45) is 1.71. The Hall–Kier alpha value is -4.19. The first-order valence-electron chi connectivity index (χ1n) is 9.46. The van der Waals surface area contributed by atoms with E-state index in [0.29, 0.717) is 17.0 Å². The minimum Gasteiger partial charge on any atom is -0.508 e. The molecule has 0 fully saturated rings. The molecular weight excluding hydrogens is 376 g/mol. The van der Waals surface area contributed by atoms with Crippen molar-refractivity contribution < 1.29 is 9.90 Å². The van der Waals surface area contributed by atoms with Crippen molar-refractivity contribution in [3.63, 3.8) is 0 Å². The van der Waals surface area contributed by atoms with Crippen LogP contribution in [-0.4, -0.2) is 26.5 Å². The van der Waals surface area contributed by atoms with Crippen molar-refractivity contribution in [1.29, 1.82) is 0 Å². The summed E-state index contributed by atoms with van der Waals surface area (Å²) in [6.45, 7) is 1.79. The molecule has 1 heterocycles. The van der Waals surface area contributed by atoms with Gasteiger partial charge in [-0.3, -0.25) is 4.79 Å². The Morgan fingerprint density at radius 3 is 2.23 bits per heavy atom. The molecule has 0 bridgehead atoms. The van der Waals surface area contributed by atoms with Crippen LogP contribution >= 0.6 is 0 Å². The monoisotopic (exact) mass is 396 g/mol. The van der Waals surface area contributed by atoms with Crippen LogP contribution in [0.25, 0.3) is 16.9 Å². The number of para-hydroxylation sites is 1. The molecule has 0 saturated carbocycles. The Morgan fingerprint density at radius 1 is 0.933 bits per heavy atom. The summed E-state index contributed by atoms with van der Waals surface area (Å²) in [6, 6.07) is 25.8. The van der Waals surface area contributed by atoms with Gasteiger partial charge in [-0.05, 0) is 48.9 Å². The van der Waals surface area contributed by atoms with Crippen LogP contribution in [0.5, 0.6) is 5.75 Å². The molecule has 0 unspecified atom stereocenters. The summed E-state index contributed by atoms with van der Waals surface area (Å²) in [7, 11) is 0. The quantitative estimate of drug-likeness (QED) is 0.388. The predicted octanol–water partition coefficient (Wildman–Crippen LogP) is 4.40. The standard InChI is InChI=1S/C24H20N4O2/c1-17(18-12-14-21(29)15-13-18)25-26-24(30)22-16-28(20-10-6-3-7-11-20)27-23(22)19-8-4-2-5-9-19/h2-16,29H,1H3,(H,26,30)/b25-17+. The average molecular weight is 396 g/mol. The summed E-state index contributed by atoms with van der Waals surface area (Å²) in [5.74, 6) is -0.175. The van der Waals surface area contributed by atoms with Crippen LogP contribution in [0, 0.1) is 0 Å². The molecule has 0 aliphatic rings. The smallest absolute Gasteiger partial charge is 0.275 e. The number of phenolic OH excluding ortho intramolecular Hbond substituents is 1. The van der Waals surface area contributed by atoms with Crippen LogP contribution in [0.2, 0.25) is 0 Å². The molecule has 0 radical (unpaired) electrons. The number of aromatic hydroxyl groups is 1. The van der Waals surface area contributed by atoms with E-state index in [0.717, 1.165) is 16.8 Å². The van der Waals surface area contributed by atoms with Gasteiger partial charge in [0.05, 0.1) is 17.0 Å². The molecule has 4 rings (SSSR count). The van der Waals surface area contributed by atoms with Crippen LogP contribution in [0.15, 0.2) is 96.2 Å². The van der Waals surface area contributed by atoms with E-state index in [1.54, 1.807) is 42.1 Å². The van der Waals surface area contributed by atoms with Crippen LogP contribution in [0.1, 0.15) is 22.8 Å². The molecule has 1 amide bonds.